The number of rotatable bonds is 6. The van der Waals surface area contributed by atoms with E-state index in [9.17, 15) is 14.4 Å². The number of carbonyl (C=O) groups excluding carboxylic acids is 3. The minimum absolute atomic E-state index is 0.154. The van der Waals surface area contributed by atoms with Crippen LogP contribution in [0.15, 0.2) is 29.2 Å². The van der Waals surface area contributed by atoms with Crippen LogP contribution in [0.25, 0.3) is 0 Å². The number of nitrogens with one attached hydrogen (secondary N) is 2. The van der Waals surface area contributed by atoms with Crippen LogP contribution < -0.4 is 16.4 Å². The van der Waals surface area contributed by atoms with E-state index < -0.39 is 18.6 Å². The number of carbonyl (C=O) groups is 3. The van der Waals surface area contributed by atoms with Crippen molar-refractivity contribution in [2.24, 2.45) is 5.73 Å². The summed E-state index contributed by atoms with van der Waals surface area (Å²) in [5.41, 5.74) is 5.44. The normalized spacial score (nSPS) is 19.7. The third kappa shape index (κ3) is 5.97. The lowest BCUT2D eigenvalue weighted by Gasteiger charge is -2.32. The van der Waals surface area contributed by atoms with Crippen LogP contribution >= 0.6 is 11.8 Å². The standard InChI is InChI=1S/C17H23N3O4S/c1-25-12-8-6-11(7-9-12)16(22)20-14-5-3-2-4-13(14)19-15(21)10-24-17(18)23/h6-9,13-14H,2-5,10H2,1H3,(H2,18,23)(H,19,21)(H,20,22)/t13-,14+/m1/s1. The second-order valence-corrected chi connectivity index (χ2v) is 6.75. The first-order valence-electron chi connectivity index (χ1n) is 8.16. The summed E-state index contributed by atoms with van der Waals surface area (Å²) in [6.07, 6.45) is 4.50. The Balaban J connectivity index is 1.93. The van der Waals surface area contributed by atoms with Gasteiger partial charge in [-0.15, -0.1) is 11.8 Å². The molecule has 0 aromatic heterocycles. The van der Waals surface area contributed by atoms with E-state index in [-0.39, 0.29) is 18.0 Å². The lowest BCUT2D eigenvalue weighted by atomic mass is 9.90. The lowest BCUT2D eigenvalue weighted by molar-refractivity contribution is -0.125. The highest BCUT2D eigenvalue weighted by Crippen LogP contribution is 2.20. The quantitative estimate of drug-likeness (QED) is 0.664. The summed E-state index contributed by atoms with van der Waals surface area (Å²) in [7, 11) is 0. The van der Waals surface area contributed by atoms with E-state index in [1.165, 1.54) is 0 Å². The smallest absolute Gasteiger partial charge is 0.405 e. The molecule has 7 nitrogen and oxygen atoms in total. The van der Waals surface area contributed by atoms with Crippen LogP contribution in [0.5, 0.6) is 0 Å². The van der Waals surface area contributed by atoms with E-state index in [1.54, 1.807) is 23.9 Å². The number of benzene rings is 1. The first-order valence-corrected chi connectivity index (χ1v) is 9.38. The Morgan fingerprint density at radius 2 is 1.72 bits per heavy atom. The molecule has 8 heteroatoms. The van der Waals surface area contributed by atoms with Crippen LogP contribution in [0.1, 0.15) is 36.0 Å². The summed E-state index contributed by atoms with van der Waals surface area (Å²) >= 11 is 1.61. The summed E-state index contributed by atoms with van der Waals surface area (Å²) < 4.78 is 4.49. The van der Waals surface area contributed by atoms with Crippen molar-refractivity contribution in [1.82, 2.24) is 10.6 Å². The van der Waals surface area contributed by atoms with Crippen molar-refractivity contribution < 1.29 is 19.1 Å². The summed E-state index contributed by atoms with van der Waals surface area (Å²) in [4.78, 5) is 35.9. The molecule has 2 rings (SSSR count). The molecule has 0 heterocycles. The first kappa shape index (κ1) is 19.1. The predicted octanol–water partition coefficient (Wildman–Crippen LogP) is 1.66. The number of primary amides is 1. The molecule has 0 saturated heterocycles. The van der Waals surface area contributed by atoms with Crippen LogP contribution in [0.4, 0.5) is 4.79 Å². The lowest BCUT2D eigenvalue weighted by Crippen LogP contribution is -2.53. The van der Waals surface area contributed by atoms with E-state index in [1.807, 2.05) is 18.4 Å². The summed E-state index contributed by atoms with van der Waals surface area (Å²) in [5.74, 6) is -0.582. The van der Waals surface area contributed by atoms with Gasteiger partial charge >= 0.3 is 6.09 Å². The van der Waals surface area contributed by atoms with Crippen LogP contribution in [-0.2, 0) is 9.53 Å². The predicted molar refractivity (Wildman–Crippen MR) is 95.4 cm³/mol. The zero-order valence-corrected chi connectivity index (χ0v) is 14.9. The fourth-order valence-corrected chi connectivity index (χ4v) is 3.26. The Kier molecular flexibility index (Phi) is 7.12. The molecule has 1 aromatic carbocycles. The molecular weight excluding hydrogens is 342 g/mol. The topological polar surface area (TPSA) is 111 Å². The van der Waals surface area contributed by atoms with Gasteiger partial charge in [0.15, 0.2) is 6.61 Å². The Bertz CT molecular complexity index is 621. The van der Waals surface area contributed by atoms with Crippen molar-refractivity contribution >= 4 is 29.7 Å². The fourth-order valence-electron chi connectivity index (χ4n) is 2.86. The molecule has 0 unspecified atom stereocenters. The number of ether oxygens (including phenoxy) is 1. The van der Waals surface area contributed by atoms with Crippen LogP contribution in [-0.4, -0.2) is 42.9 Å². The molecule has 0 radical (unpaired) electrons. The summed E-state index contributed by atoms with van der Waals surface area (Å²) in [6.45, 7) is -0.414. The van der Waals surface area contributed by atoms with Crippen molar-refractivity contribution in [2.75, 3.05) is 12.9 Å². The second kappa shape index (κ2) is 9.31. The zero-order chi connectivity index (χ0) is 18.2. The van der Waals surface area contributed by atoms with Crippen molar-refractivity contribution in [3.63, 3.8) is 0 Å². The fraction of sp³-hybridized carbons (Fsp3) is 0.471. The van der Waals surface area contributed by atoms with Crippen molar-refractivity contribution in [1.29, 1.82) is 0 Å². The average molecular weight is 365 g/mol. The van der Waals surface area contributed by atoms with Gasteiger partial charge in [-0.2, -0.15) is 0 Å². The van der Waals surface area contributed by atoms with Crippen molar-refractivity contribution in [3.05, 3.63) is 29.8 Å². The SMILES string of the molecule is CSc1ccc(C(=O)N[C@H]2CCCC[C@H]2NC(=O)COC(N)=O)cc1. The van der Waals surface area contributed by atoms with Gasteiger partial charge in [-0.1, -0.05) is 12.8 Å². The van der Waals surface area contributed by atoms with Gasteiger partial charge in [-0.25, -0.2) is 4.79 Å². The molecule has 136 valence electrons. The van der Waals surface area contributed by atoms with Crippen LogP contribution in [0.3, 0.4) is 0 Å². The molecule has 3 amide bonds. The van der Waals surface area contributed by atoms with E-state index in [0.717, 1.165) is 30.6 Å². The van der Waals surface area contributed by atoms with Gasteiger partial charge in [0, 0.05) is 22.5 Å². The highest BCUT2D eigenvalue weighted by atomic mass is 32.2. The average Bonchev–Trinajstić information content (AvgIpc) is 2.61. The Morgan fingerprint density at radius 3 is 2.28 bits per heavy atom. The number of hydrogen-bond acceptors (Lipinski definition) is 5. The summed E-state index contributed by atoms with van der Waals surface area (Å²) in [5, 5.41) is 5.81. The highest BCUT2D eigenvalue weighted by molar-refractivity contribution is 7.98. The first-order chi connectivity index (χ1) is 12.0. The molecule has 1 aliphatic rings. The molecule has 0 bridgehead atoms. The minimum Gasteiger partial charge on any atom is -0.440 e. The maximum atomic E-state index is 12.4. The van der Waals surface area contributed by atoms with Gasteiger partial charge in [-0.05, 0) is 43.4 Å². The molecule has 1 fully saturated rings. The molecule has 0 spiro atoms. The largest absolute Gasteiger partial charge is 0.440 e. The number of nitrogens with two attached hydrogens (primary N) is 1. The third-order valence-corrected chi connectivity index (χ3v) is 4.87. The molecular formula is C17H23N3O4S. The second-order valence-electron chi connectivity index (χ2n) is 5.87. The van der Waals surface area contributed by atoms with Gasteiger partial charge < -0.3 is 21.1 Å². The van der Waals surface area contributed by atoms with Gasteiger partial charge in [0.1, 0.15) is 0 Å². The van der Waals surface area contributed by atoms with Crippen LogP contribution in [0, 0.1) is 0 Å². The monoisotopic (exact) mass is 365 g/mol. The van der Waals surface area contributed by atoms with Crippen molar-refractivity contribution in [3.8, 4) is 0 Å². The molecule has 1 aliphatic carbocycles. The van der Waals surface area contributed by atoms with Gasteiger partial charge in [-0.3, -0.25) is 9.59 Å². The minimum atomic E-state index is -0.989. The number of amides is 3. The van der Waals surface area contributed by atoms with E-state index in [2.05, 4.69) is 15.4 Å². The number of thioether (sulfide) groups is 1. The molecule has 2 atom stereocenters. The maximum absolute atomic E-state index is 12.4. The third-order valence-electron chi connectivity index (χ3n) is 4.13. The van der Waals surface area contributed by atoms with E-state index in [0.29, 0.717) is 5.56 Å². The van der Waals surface area contributed by atoms with Crippen LogP contribution in [0.2, 0.25) is 0 Å². The van der Waals surface area contributed by atoms with Gasteiger partial charge in [0.2, 0.25) is 0 Å². The molecule has 1 aromatic rings. The maximum Gasteiger partial charge on any atom is 0.405 e. The zero-order valence-electron chi connectivity index (χ0n) is 14.1. The Labute approximate surface area is 151 Å². The summed E-state index contributed by atoms with van der Waals surface area (Å²) in [6, 6.07) is 7.05. The van der Waals surface area contributed by atoms with E-state index in [4.69, 9.17) is 5.73 Å². The van der Waals surface area contributed by atoms with Crippen molar-refractivity contribution in [2.45, 2.75) is 42.7 Å². The van der Waals surface area contributed by atoms with E-state index >= 15 is 0 Å². The van der Waals surface area contributed by atoms with Gasteiger partial charge in [0.25, 0.3) is 11.8 Å². The molecule has 4 N–H and O–H groups in total. The molecule has 1 saturated carbocycles. The molecule has 25 heavy (non-hydrogen) atoms. The number of hydrogen-bond donors (Lipinski definition) is 3. The Hall–Kier alpha value is -2.22. The van der Waals surface area contributed by atoms with Gasteiger partial charge in [0.05, 0.1) is 0 Å². The highest BCUT2D eigenvalue weighted by Gasteiger charge is 2.28. The Morgan fingerprint density at radius 1 is 1.12 bits per heavy atom. The molecule has 0 aliphatic heterocycles.